The number of sulfonamides is 1. The monoisotopic (exact) mass is 472 g/mol. The molecular formula is C18H21IN2O3S. The Balaban J connectivity index is 2.37. The Morgan fingerprint density at radius 1 is 1.12 bits per heavy atom. The molecule has 2 aromatic rings. The first-order valence-electron chi connectivity index (χ1n) is 7.97. The van der Waals surface area contributed by atoms with E-state index in [-0.39, 0.29) is 10.8 Å². The highest BCUT2D eigenvalue weighted by Crippen LogP contribution is 2.22. The van der Waals surface area contributed by atoms with Gasteiger partial charge >= 0.3 is 0 Å². The first-order chi connectivity index (χ1) is 11.8. The van der Waals surface area contributed by atoms with Gasteiger partial charge in [0.2, 0.25) is 10.0 Å². The molecule has 0 spiro atoms. The van der Waals surface area contributed by atoms with Gasteiger partial charge in [-0.25, -0.2) is 8.42 Å². The van der Waals surface area contributed by atoms with Crippen LogP contribution in [0.2, 0.25) is 0 Å². The third kappa shape index (κ3) is 4.59. The van der Waals surface area contributed by atoms with Crippen molar-refractivity contribution in [2.45, 2.75) is 25.7 Å². The summed E-state index contributed by atoms with van der Waals surface area (Å²) < 4.78 is 28.0. The number of benzene rings is 2. The number of nitrogens with one attached hydrogen (secondary N) is 1. The van der Waals surface area contributed by atoms with Crippen molar-refractivity contribution in [1.29, 1.82) is 0 Å². The maximum atomic E-state index is 12.8. The summed E-state index contributed by atoms with van der Waals surface area (Å²) in [4.78, 5) is 12.7. The Labute approximate surface area is 162 Å². The Bertz CT molecular complexity index is 878. The van der Waals surface area contributed by atoms with Crippen molar-refractivity contribution >= 4 is 44.2 Å². The van der Waals surface area contributed by atoms with Crippen LogP contribution in [0.1, 0.15) is 29.8 Å². The normalized spacial score (nSPS) is 11.6. The molecule has 0 atom stereocenters. The van der Waals surface area contributed by atoms with Crippen LogP contribution in [-0.4, -0.2) is 31.7 Å². The highest BCUT2D eigenvalue weighted by Gasteiger charge is 2.24. The molecule has 0 bridgehead atoms. The number of hydrogen-bond donors (Lipinski definition) is 1. The Hall–Kier alpha value is -1.45. The summed E-state index contributed by atoms with van der Waals surface area (Å²) in [7, 11) is -3.62. The highest BCUT2D eigenvalue weighted by atomic mass is 127. The molecular weight excluding hydrogens is 451 g/mol. The molecule has 0 aliphatic carbocycles. The van der Waals surface area contributed by atoms with Crippen molar-refractivity contribution in [2.75, 3.05) is 18.4 Å². The minimum Gasteiger partial charge on any atom is -0.322 e. The van der Waals surface area contributed by atoms with Crippen molar-refractivity contribution in [3.05, 3.63) is 57.2 Å². The molecule has 0 radical (unpaired) electrons. The van der Waals surface area contributed by atoms with Crippen molar-refractivity contribution in [2.24, 2.45) is 0 Å². The molecule has 1 N–H and O–H groups in total. The van der Waals surface area contributed by atoms with E-state index in [0.29, 0.717) is 29.9 Å². The summed E-state index contributed by atoms with van der Waals surface area (Å²) in [6.45, 7) is 6.10. The number of nitrogens with zero attached hydrogens (tertiary/aromatic N) is 1. The third-order valence-corrected chi connectivity index (χ3v) is 6.72. The fourth-order valence-corrected chi connectivity index (χ4v) is 4.74. The summed E-state index contributed by atoms with van der Waals surface area (Å²) in [5, 5.41) is 2.80. The van der Waals surface area contributed by atoms with Crippen LogP contribution in [0, 0.1) is 10.5 Å². The van der Waals surface area contributed by atoms with E-state index in [1.165, 1.54) is 10.4 Å². The van der Waals surface area contributed by atoms with E-state index in [9.17, 15) is 13.2 Å². The van der Waals surface area contributed by atoms with E-state index in [1.807, 2.05) is 18.2 Å². The van der Waals surface area contributed by atoms with E-state index < -0.39 is 10.0 Å². The standard InChI is InChI=1S/C18H21IN2O3S/c1-4-21(5-2)25(23,24)17-11-14(10-9-13(17)3)18(22)20-16-8-6-7-15(19)12-16/h6-12H,4-5H2,1-3H3,(H,20,22). The molecule has 2 aromatic carbocycles. The van der Waals surface area contributed by atoms with E-state index in [0.717, 1.165) is 3.57 Å². The smallest absolute Gasteiger partial charge is 0.255 e. The van der Waals surface area contributed by atoms with Gasteiger partial charge < -0.3 is 5.32 Å². The zero-order valence-electron chi connectivity index (χ0n) is 14.4. The van der Waals surface area contributed by atoms with Crippen LogP contribution in [0.25, 0.3) is 0 Å². The van der Waals surface area contributed by atoms with Crippen LogP contribution in [0.15, 0.2) is 47.4 Å². The Morgan fingerprint density at radius 3 is 2.40 bits per heavy atom. The molecule has 0 aliphatic rings. The molecule has 0 saturated carbocycles. The second-order valence-electron chi connectivity index (χ2n) is 5.53. The van der Waals surface area contributed by atoms with E-state index in [1.54, 1.807) is 39.0 Å². The lowest BCUT2D eigenvalue weighted by molar-refractivity contribution is 0.102. The van der Waals surface area contributed by atoms with Gasteiger partial charge in [-0.1, -0.05) is 26.0 Å². The van der Waals surface area contributed by atoms with Crippen LogP contribution in [-0.2, 0) is 10.0 Å². The second-order valence-corrected chi connectivity index (χ2v) is 8.69. The summed E-state index contributed by atoms with van der Waals surface area (Å²) in [6.07, 6.45) is 0. The second kappa shape index (κ2) is 8.29. The van der Waals surface area contributed by atoms with Gasteiger partial charge in [-0.05, 0) is 65.4 Å². The topological polar surface area (TPSA) is 66.5 Å². The van der Waals surface area contributed by atoms with Gasteiger partial charge in [0.1, 0.15) is 0 Å². The first-order valence-corrected chi connectivity index (χ1v) is 10.5. The van der Waals surface area contributed by atoms with Crippen LogP contribution in [0.4, 0.5) is 5.69 Å². The predicted octanol–water partition coefficient (Wildman–Crippen LogP) is 3.88. The van der Waals surface area contributed by atoms with Crippen LogP contribution in [0.5, 0.6) is 0 Å². The van der Waals surface area contributed by atoms with Crippen LogP contribution in [0.3, 0.4) is 0 Å². The van der Waals surface area contributed by atoms with Crippen molar-refractivity contribution in [3.8, 4) is 0 Å². The van der Waals surface area contributed by atoms with Gasteiger partial charge in [0, 0.05) is 27.9 Å². The molecule has 0 aromatic heterocycles. The molecule has 0 saturated heterocycles. The largest absolute Gasteiger partial charge is 0.322 e. The molecule has 0 aliphatic heterocycles. The molecule has 25 heavy (non-hydrogen) atoms. The summed E-state index contributed by atoms with van der Waals surface area (Å²) in [5.41, 5.74) is 1.61. The van der Waals surface area contributed by atoms with Crippen LogP contribution >= 0.6 is 22.6 Å². The van der Waals surface area contributed by atoms with Gasteiger partial charge in [0.15, 0.2) is 0 Å². The molecule has 0 unspecified atom stereocenters. The molecule has 0 heterocycles. The molecule has 1 amide bonds. The molecule has 5 nitrogen and oxygen atoms in total. The minimum atomic E-state index is -3.62. The SMILES string of the molecule is CCN(CC)S(=O)(=O)c1cc(C(=O)Nc2cccc(I)c2)ccc1C. The van der Waals surface area contributed by atoms with E-state index in [2.05, 4.69) is 27.9 Å². The van der Waals surface area contributed by atoms with Gasteiger partial charge in [-0.2, -0.15) is 4.31 Å². The zero-order valence-corrected chi connectivity index (χ0v) is 17.4. The highest BCUT2D eigenvalue weighted by molar-refractivity contribution is 14.1. The quantitative estimate of drug-likeness (QED) is 0.649. The Kier molecular flexibility index (Phi) is 6.59. The number of halogens is 1. The minimum absolute atomic E-state index is 0.173. The summed E-state index contributed by atoms with van der Waals surface area (Å²) in [5.74, 6) is -0.335. The lowest BCUT2D eigenvalue weighted by Gasteiger charge is -2.20. The molecule has 7 heteroatoms. The first kappa shape index (κ1) is 19.9. The average Bonchev–Trinajstić information content (AvgIpc) is 2.55. The Morgan fingerprint density at radius 2 is 1.80 bits per heavy atom. The van der Waals surface area contributed by atoms with Gasteiger partial charge in [0.05, 0.1) is 4.90 Å². The fraction of sp³-hybridized carbons (Fsp3) is 0.278. The molecule has 2 rings (SSSR count). The van der Waals surface area contributed by atoms with Gasteiger partial charge in [-0.15, -0.1) is 0 Å². The number of anilines is 1. The summed E-state index contributed by atoms with van der Waals surface area (Å²) in [6, 6.07) is 12.2. The number of aryl methyl sites for hydroxylation is 1. The predicted molar refractivity (Wildman–Crippen MR) is 108 cm³/mol. The maximum absolute atomic E-state index is 12.8. The van der Waals surface area contributed by atoms with E-state index >= 15 is 0 Å². The lowest BCUT2D eigenvalue weighted by atomic mass is 10.1. The number of carbonyl (C=O) groups excluding carboxylic acids is 1. The number of carbonyl (C=O) groups is 1. The number of amides is 1. The van der Waals surface area contributed by atoms with Crippen molar-refractivity contribution < 1.29 is 13.2 Å². The molecule has 134 valence electrons. The van der Waals surface area contributed by atoms with Crippen molar-refractivity contribution in [1.82, 2.24) is 4.31 Å². The molecule has 0 fully saturated rings. The zero-order chi connectivity index (χ0) is 18.6. The van der Waals surface area contributed by atoms with Crippen LogP contribution < -0.4 is 5.32 Å². The third-order valence-electron chi connectivity index (χ3n) is 3.86. The van der Waals surface area contributed by atoms with E-state index in [4.69, 9.17) is 0 Å². The maximum Gasteiger partial charge on any atom is 0.255 e. The lowest BCUT2D eigenvalue weighted by Crippen LogP contribution is -2.31. The average molecular weight is 472 g/mol. The number of rotatable bonds is 6. The van der Waals surface area contributed by atoms with Gasteiger partial charge in [-0.3, -0.25) is 4.79 Å². The fourth-order valence-electron chi connectivity index (χ4n) is 2.49. The summed E-state index contributed by atoms with van der Waals surface area (Å²) >= 11 is 2.17. The number of hydrogen-bond acceptors (Lipinski definition) is 3. The van der Waals surface area contributed by atoms with Gasteiger partial charge in [0.25, 0.3) is 5.91 Å². The van der Waals surface area contributed by atoms with Crippen molar-refractivity contribution in [3.63, 3.8) is 0 Å².